The van der Waals surface area contributed by atoms with Gasteiger partial charge in [-0.2, -0.15) is 0 Å². The standard InChI is InChI=1S/C9H13BrO/c1-7(2)4-9(10)5-8(3)6-11/h4-5,11H,3,6H2,1-2H3/b9-5+. The molecule has 0 radical (unpaired) electrons. The first-order chi connectivity index (χ1) is 5.06. The molecule has 0 aliphatic heterocycles. The Labute approximate surface area is 76.3 Å². The number of allylic oxidation sites excluding steroid dienone is 3. The molecule has 0 aromatic rings. The molecule has 0 rings (SSSR count). The fourth-order valence-corrected chi connectivity index (χ4v) is 1.34. The van der Waals surface area contributed by atoms with E-state index in [0.717, 1.165) is 4.48 Å². The van der Waals surface area contributed by atoms with Gasteiger partial charge in [0.15, 0.2) is 0 Å². The molecule has 0 aromatic carbocycles. The van der Waals surface area contributed by atoms with Crippen LogP contribution in [0.2, 0.25) is 0 Å². The zero-order valence-corrected chi connectivity index (χ0v) is 8.48. The molecular formula is C9H13BrO. The van der Waals surface area contributed by atoms with Crippen LogP contribution in [0.1, 0.15) is 13.8 Å². The maximum Gasteiger partial charge on any atom is 0.0676 e. The van der Waals surface area contributed by atoms with Gasteiger partial charge in [0.1, 0.15) is 0 Å². The highest BCUT2D eigenvalue weighted by molar-refractivity contribution is 9.11. The van der Waals surface area contributed by atoms with Gasteiger partial charge in [-0.1, -0.05) is 28.1 Å². The minimum Gasteiger partial charge on any atom is -0.392 e. The summed E-state index contributed by atoms with van der Waals surface area (Å²) in [6.45, 7) is 7.66. The Kier molecular flexibility index (Phi) is 5.16. The van der Waals surface area contributed by atoms with E-state index < -0.39 is 0 Å². The normalized spacial score (nSPS) is 11.1. The van der Waals surface area contributed by atoms with E-state index in [-0.39, 0.29) is 6.61 Å². The van der Waals surface area contributed by atoms with Crippen LogP contribution in [-0.2, 0) is 0 Å². The average Bonchev–Trinajstić information content (AvgIpc) is 1.85. The number of hydrogen-bond donors (Lipinski definition) is 1. The highest BCUT2D eigenvalue weighted by Crippen LogP contribution is 2.11. The molecule has 0 aliphatic carbocycles. The molecule has 1 nitrogen and oxygen atoms in total. The largest absolute Gasteiger partial charge is 0.392 e. The number of halogens is 1. The summed E-state index contributed by atoms with van der Waals surface area (Å²) in [4.78, 5) is 0. The van der Waals surface area contributed by atoms with Gasteiger partial charge in [-0.05, 0) is 31.6 Å². The predicted octanol–water partition coefficient (Wildman–Crippen LogP) is 2.78. The van der Waals surface area contributed by atoms with E-state index in [1.807, 2.05) is 19.9 Å². The second kappa shape index (κ2) is 5.33. The number of aliphatic hydroxyl groups excluding tert-OH is 1. The average molecular weight is 217 g/mol. The predicted molar refractivity (Wildman–Crippen MR) is 52.7 cm³/mol. The van der Waals surface area contributed by atoms with E-state index in [1.54, 1.807) is 6.08 Å². The highest BCUT2D eigenvalue weighted by Gasteiger charge is 1.88. The topological polar surface area (TPSA) is 20.2 Å². The molecule has 0 heterocycles. The Morgan fingerprint density at radius 2 is 2.00 bits per heavy atom. The summed E-state index contributed by atoms with van der Waals surface area (Å²) in [5.41, 5.74) is 1.91. The summed E-state index contributed by atoms with van der Waals surface area (Å²) in [7, 11) is 0. The van der Waals surface area contributed by atoms with Crippen molar-refractivity contribution in [2.45, 2.75) is 13.8 Å². The van der Waals surface area contributed by atoms with Crippen LogP contribution in [0.4, 0.5) is 0 Å². The number of aliphatic hydroxyl groups is 1. The minimum atomic E-state index is 0.00566. The summed E-state index contributed by atoms with van der Waals surface area (Å²) in [6.07, 6.45) is 3.77. The third-order valence-corrected chi connectivity index (χ3v) is 1.43. The monoisotopic (exact) mass is 216 g/mol. The molecule has 0 bridgehead atoms. The van der Waals surface area contributed by atoms with E-state index in [2.05, 4.69) is 22.5 Å². The summed E-state index contributed by atoms with van der Waals surface area (Å²) in [5.74, 6) is 0. The Morgan fingerprint density at radius 1 is 1.45 bits per heavy atom. The first-order valence-corrected chi connectivity index (χ1v) is 4.16. The van der Waals surface area contributed by atoms with Crippen LogP contribution in [0.3, 0.4) is 0 Å². The van der Waals surface area contributed by atoms with Crippen LogP contribution >= 0.6 is 15.9 Å². The zero-order valence-electron chi connectivity index (χ0n) is 6.89. The molecule has 0 aromatic heterocycles. The van der Waals surface area contributed by atoms with Crippen molar-refractivity contribution >= 4 is 15.9 Å². The summed E-state index contributed by atoms with van der Waals surface area (Å²) in [5, 5.41) is 8.63. The lowest BCUT2D eigenvalue weighted by atomic mass is 10.2. The molecule has 0 unspecified atom stereocenters. The van der Waals surface area contributed by atoms with Gasteiger partial charge in [0.05, 0.1) is 6.61 Å². The SMILES string of the molecule is C=C(/C=C(/Br)C=C(C)C)CO. The van der Waals surface area contributed by atoms with Crippen LogP contribution < -0.4 is 0 Å². The van der Waals surface area contributed by atoms with E-state index in [4.69, 9.17) is 5.11 Å². The second-order valence-electron chi connectivity index (χ2n) is 2.57. The van der Waals surface area contributed by atoms with Gasteiger partial charge in [0.25, 0.3) is 0 Å². The summed E-state index contributed by atoms with van der Waals surface area (Å²) < 4.78 is 0.941. The van der Waals surface area contributed by atoms with Crippen molar-refractivity contribution in [1.29, 1.82) is 0 Å². The molecular weight excluding hydrogens is 204 g/mol. The molecule has 1 N–H and O–H groups in total. The lowest BCUT2D eigenvalue weighted by Gasteiger charge is -1.94. The van der Waals surface area contributed by atoms with E-state index in [1.165, 1.54) is 5.57 Å². The van der Waals surface area contributed by atoms with E-state index in [9.17, 15) is 0 Å². The molecule has 0 fully saturated rings. The smallest absolute Gasteiger partial charge is 0.0676 e. The van der Waals surface area contributed by atoms with Gasteiger partial charge in [-0.25, -0.2) is 0 Å². The van der Waals surface area contributed by atoms with Gasteiger partial charge in [0.2, 0.25) is 0 Å². The van der Waals surface area contributed by atoms with Crippen molar-refractivity contribution in [3.8, 4) is 0 Å². The summed E-state index contributed by atoms with van der Waals surface area (Å²) >= 11 is 3.33. The Balaban J connectivity index is 4.23. The van der Waals surface area contributed by atoms with Gasteiger partial charge >= 0.3 is 0 Å². The molecule has 2 heteroatoms. The van der Waals surface area contributed by atoms with Gasteiger partial charge < -0.3 is 5.11 Å². The minimum absolute atomic E-state index is 0.00566. The van der Waals surface area contributed by atoms with Crippen molar-refractivity contribution in [1.82, 2.24) is 0 Å². The maximum atomic E-state index is 8.63. The quantitative estimate of drug-likeness (QED) is 0.720. The molecule has 0 aliphatic rings. The molecule has 0 atom stereocenters. The lowest BCUT2D eigenvalue weighted by molar-refractivity contribution is 0.335. The van der Waals surface area contributed by atoms with Gasteiger partial charge in [0, 0.05) is 4.48 Å². The van der Waals surface area contributed by atoms with Crippen molar-refractivity contribution in [3.05, 3.63) is 34.4 Å². The Bertz CT molecular complexity index is 198. The van der Waals surface area contributed by atoms with Crippen molar-refractivity contribution in [2.75, 3.05) is 6.61 Å². The molecule has 0 saturated heterocycles. The van der Waals surface area contributed by atoms with Crippen LogP contribution in [0, 0.1) is 0 Å². The molecule has 0 amide bonds. The van der Waals surface area contributed by atoms with Crippen LogP contribution in [0.5, 0.6) is 0 Å². The first-order valence-electron chi connectivity index (χ1n) is 3.37. The van der Waals surface area contributed by atoms with Crippen LogP contribution in [-0.4, -0.2) is 11.7 Å². The van der Waals surface area contributed by atoms with E-state index >= 15 is 0 Å². The Morgan fingerprint density at radius 3 is 2.36 bits per heavy atom. The molecule has 62 valence electrons. The fourth-order valence-electron chi connectivity index (χ4n) is 0.558. The van der Waals surface area contributed by atoms with Crippen LogP contribution in [0.15, 0.2) is 34.4 Å². The van der Waals surface area contributed by atoms with Crippen molar-refractivity contribution < 1.29 is 5.11 Å². The summed E-state index contributed by atoms with van der Waals surface area (Å²) in [6, 6.07) is 0. The zero-order chi connectivity index (χ0) is 8.85. The highest BCUT2D eigenvalue weighted by atomic mass is 79.9. The molecule has 0 saturated carbocycles. The number of rotatable bonds is 3. The van der Waals surface area contributed by atoms with Gasteiger partial charge in [-0.3, -0.25) is 0 Å². The molecule has 0 spiro atoms. The van der Waals surface area contributed by atoms with Crippen molar-refractivity contribution in [2.24, 2.45) is 0 Å². The Hall–Kier alpha value is -0.340. The number of hydrogen-bond acceptors (Lipinski definition) is 1. The molecule has 11 heavy (non-hydrogen) atoms. The maximum absolute atomic E-state index is 8.63. The second-order valence-corrected chi connectivity index (χ2v) is 3.48. The van der Waals surface area contributed by atoms with Crippen molar-refractivity contribution in [3.63, 3.8) is 0 Å². The first kappa shape index (κ1) is 10.7. The third-order valence-electron chi connectivity index (χ3n) is 0.972. The van der Waals surface area contributed by atoms with E-state index in [0.29, 0.717) is 5.57 Å². The fraction of sp³-hybridized carbons (Fsp3) is 0.333. The lowest BCUT2D eigenvalue weighted by Crippen LogP contribution is -1.82. The third kappa shape index (κ3) is 6.07. The van der Waals surface area contributed by atoms with Crippen LogP contribution in [0.25, 0.3) is 0 Å². The van der Waals surface area contributed by atoms with Gasteiger partial charge in [-0.15, -0.1) is 0 Å².